The number of fused-ring (bicyclic) bond motifs is 3. The van der Waals surface area contributed by atoms with Gasteiger partial charge in [-0.3, -0.25) is 0 Å². The summed E-state index contributed by atoms with van der Waals surface area (Å²) in [5.41, 5.74) is 0. The molecular formula is C8H6O5. The highest BCUT2D eigenvalue weighted by Crippen LogP contribution is 2.53. The summed E-state index contributed by atoms with van der Waals surface area (Å²) >= 11 is 0. The molecule has 5 nitrogen and oxygen atoms in total. The molecule has 13 heavy (non-hydrogen) atoms. The van der Waals surface area contributed by atoms with Gasteiger partial charge in [0, 0.05) is 6.07 Å². The van der Waals surface area contributed by atoms with Gasteiger partial charge < -0.3 is 24.1 Å². The third kappa shape index (κ3) is 0.756. The average molecular weight is 182 g/mol. The number of phenols is 1. The van der Waals surface area contributed by atoms with E-state index in [1.165, 1.54) is 6.07 Å². The van der Waals surface area contributed by atoms with E-state index < -0.39 is 0 Å². The molecule has 0 radical (unpaired) electrons. The van der Waals surface area contributed by atoms with E-state index in [9.17, 15) is 5.11 Å². The molecule has 1 aromatic rings. The molecule has 0 amide bonds. The molecule has 0 fully saturated rings. The Labute approximate surface area is 73.4 Å². The molecule has 1 N–H and O–H groups in total. The first kappa shape index (κ1) is 6.71. The highest BCUT2D eigenvalue weighted by Gasteiger charge is 2.30. The second-order valence-electron chi connectivity index (χ2n) is 2.69. The van der Waals surface area contributed by atoms with Crippen LogP contribution in [0.1, 0.15) is 0 Å². The molecule has 2 heterocycles. The molecular weight excluding hydrogens is 176 g/mol. The summed E-state index contributed by atoms with van der Waals surface area (Å²) in [5.74, 6) is 1.75. The first-order valence-electron chi connectivity index (χ1n) is 3.77. The van der Waals surface area contributed by atoms with Gasteiger partial charge in [-0.1, -0.05) is 0 Å². The second kappa shape index (κ2) is 2.12. The summed E-state index contributed by atoms with van der Waals surface area (Å²) in [6.07, 6.45) is 0. The summed E-state index contributed by atoms with van der Waals surface area (Å²) in [7, 11) is 0. The minimum Gasteiger partial charge on any atom is -0.504 e. The van der Waals surface area contributed by atoms with Crippen molar-refractivity contribution in [1.82, 2.24) is 0 Å². The number of aromatic hydroxyl groups is 1. The van der Waals surface area contributed by atoms with Gasteiger partial charge in [-0.2, -0.15) is 0 Å². The van der Waals surface area contributed by atoms with E-state index >= 15 is 0 Å². The predicted molar refractivity (Wildman–Crippen MR) is 40.4 cm³/mol. The Kier molecular flexibility index (Phi) is 1.10. The van der Waals surface area contributed by atoms with Gasteiger partial charge in [0.2, 0.25) is 30.8 Å². The van der Waals surface area contributed by atoms with E-state index in [-0.39, 0.29) is 19.3 Å². The van der Waals surface area contributed by atoms with Crippen LogP contribution >= 0.6 is 0 Å². The summed E-state index contributed by atoms with van der Waals surface area (Å²) in [4.78, 5) is 0. The van der Waals surface area contributed by atoms with E-state index in [0.29, 0.717) is 23.0 Å². The largest absolute Gasteiger partial charge is 0.504 e. The van der Waals surface area contributed by atoms with Gasteiger partial charge in [0.15, 0.2) is 11.5 Å². The van der Waals surface area contributed by atoms with Crippen molar-refractivity contribution in [1.29, 1.82) is 0 Å². The Morgan fingerprint density at radius 2 is 1.62 bits per heavy atom. The molecule has 1 aromatic carbocycles. The predicted octanol–water partition coefficient (Wildman–Crippen LogP) is 0.850. The van der Waals surface area contributed by atoms with Gasteiger partial charge in [-0.05, 0) is 0 Å². The zero-order valence-electron chi connectivity index (χ0n) is 6.57. The van der Waals surface area contributed by atoms with Crippen molar-refractivity contribution < 1.29 is 24.1 Å². The summed E-state index contributed by atoms with van der Waals surface area (Å²) in [5, 5.41) is 9.45. The lowest BCUT2D eigenvalue weighted by molar-refractivity contribution is 0.155. The van der Waals surface area contributed by atoms with Crippen LogP contribution in [0.5, 0.6) is 28.7 Å². The number of phenolic OH excluding ortho intramolecular Hbond substituents is 1. The van der Waals surface area contributed by atoms with Crippen molar-refractivity contribution >= 4 is 0 Å². The van der Waals surface area contributed by atoms with E-state index in [0.717, 1.165) is 0 Å². The number of ether oxygens (including phenoxy) is 4. The highest BCUT2D eigenvalue weighted by molar-refractivity contribution is 5.66. The van der Waals surface area contributed by atoms with E-state index in [4.69, 9.17) is 18.9 Å². The minimum absolute atomic E-state index is 0.0109. The monoisotopic (exact) mass is 182 g/mol. The maximum Gasteiger partial charge on any atom is 0.231 e. The van der Waals surface area contributed by atoms with Crippen LogP contribution in [-0.4, -0.2) is 18.7 Å². The van der Waals surface area contributed by atoms with E-state index in [1.54, 1.807) is 0 Å². The lowest BCUT2D eigenvalue weighted by Crippen LogP contribution is -1.95. The van der Waals surface area contributed by atoms with Crippen molar-refractivity contribution in [3.63, 3.8) is 0 Å². The standard InChI is InChI=1S/C8H6O5/c9-4-1-5-7(12-2-10-5)8-6(4)11-3-13-8/h1,9H,2-3H2. The molecule has 5 heteroatoms. The number of hydrogen-bond donors (Lipinski definition) is 1. The summed E-state index contributed by atoms with van der Waals surface area (Å²) in [6, 6.07) is 1.45. The molecule has 3 rings (SSSR count). The van der Waals surface area contributed by atoms with Gasteiger partial charge in [-0.15, -0.1) is 0 Å². The molecule has 2 aliphatic rings. The lowest BCUT2D eigenvalue weighted by Gasteiger charge is -2.02. The van der Waals surface area contributed by atoms with Crippen molar-refractivity contribution in [3.8, 4) is 28.7 Å². The fourth-order valence-corrected chi connectivity index (χ4v) is 1.40. The summed E-state index contributed by atoms with van der Waals surface area (Å²) in [6.45, 7) is 0.247. The molecule has 0 unspecified atom stereocenters. The van der Waals surface area contributed by atoms with Crippen LogP contribution in [0.4, 0.5) is 0 Å². The average Bonchev–Trinajstić information content (AvgIpc) is 2.66. The molecule has 0 saturated carbocycles. The molecule has 0 spiro atoms. The quantitative estimate of drug-likeness (QED) is 0.644. The maximum absolute atomic E-state index is 9.45. The third-order valence-electron chi connectivity index (χ3n) is 1.96. The minimum atomic E-state index is 0.0109. The van der Waals surface area contributed by atoms with Gasteiger partial charge >= 0.3 is 0 Å². The lowest BCUT2D eigenvalue weighted by atomic mass is 10.2. The Hall–Kier alpha value is -1.78. The zero-order chi connectivity index (χ0) is 8.84. The maximum atomic E-state index is 9.45. The third-order valence-corrected chi connectivity index (χ3v) is 1.96. The molecule has 2 aliphatic heterocycles. The zero-order valence-corrected chi connectivity index (χ0v) is 6.57. The van der Waals surface area contributed by atoms with Gasteiger partial charge in [0.1, 0.15) is 0 Å². The Bertz CT molecular complexity index is 373. The first-order chi connectivity index (χ1) is 6.36. The molecule has 68 valence electrons. The Morgan fingerprint density at radius 3 is 2.54 bits per heavy atom. The van der Waals surface area contributed by atoms with Crippen LogP contribution in [0.3, 0.4) is 0 Å². The van der Waals surface area contributed by atoms with Crippen molar-refractivity contribution in [2.24, 2.45) is 0 Å². The van der Waals surface area contributed by atoms with Gasteiger partial charge in [-0.25, -0.2) is 0 Å². The normalized spacial score (nSPS) is 16.3. The summed E-state index contributed by atoms with van der Waals surface area (Å²) < 4.78 is 20.4. The second-order valence-corrected chi connectivity index (χ2v) is 2.69. The fourth-order valence-electron chi connectivity index (χ4n) is 1.40. The number of benzene rings is 1. The van der Waals surface area contributed by atoms with Crippen LogP contribution in [0.2, 0.25) is 0 Å². The van der Waals surface area contributed by atoms with Crippen LogP contribution in [0.15, 0.2) is 6.07 Å². The molecule has 0 aromatic heterocycles. The number of rotatable bonds is 0. The van der Waals surface area contributed by atoms with Gasteiger partial charge in [0.05, 0.1) is 0 Å². The molecule has 0 bridgehead atoms. The van der Waals surface area contributed by atoms with Crippen molar-refractivity contribution in [3.05, 3.63) is 6.07 Å². The van der Waals surface area contributed by atoms with Crippen molar-refractivity contribution in [2.75, 3.05) is 13.6 Å². The van der Waals surface area contributed by atoms with Crippen molar-refractivity contribution in [2.45, 2.75) is 0 Å². The van der Waals surface area contributed by atoms with Crippen LogP contribution in [0, 0.1) is 0 Å². The van der Waals surface area contributed by atoms with E-state index in [2.05, 4.69) is 0 Å². The fraction of sp³-hybridized carbons (Fsp3) is 0.250. The highest BCUT2D eigenvalue weighted by atomic mass is 16.7. The molecule has 0 aliphatic carbocycles. The Balaban J connectivity index is 2.28. The number of hydrogen-bond acceptors (Lipinski definition) is 5. The van der Waals surface area contributed by atoms with Crippen LogP contribution < -0.4 is 18.9 Å². The topological polar surface area (TPSA) is 57.2 Å². The van der Waals surface area contributed by atoms with E-state index in [1.807, 2.05) is 0 Å². The van der Waals surface area contributed by atoms with Crippen LogP contribution in [0.25, 0.3) is 0 Å². The van der Waals surface area contributed by atoms with Crippen LogP contribution in [-0.2, 0) is 0 Å². The Morgan fingerprint density at radius 1 is 0.923 bits per heavy atom. The van der Waals surface area contributed by atoms with Gasteiger partial charge in [0.25, 0.3) is 0 Å². The molecule has 0 saturated heterocycles. The molecule has 0 atom stereocenters. The smallest absolute Gasteiger partial charge is 0.231 e. The first-order valence-corrected chi connectivity index (χ1v) is 3.77. The SMILES string of the molecule is Oc1cc2c(c3c1OCO3)OCO2.